The Kier molecular flexibility index (Phi) is 3.50. The number of rotatable bonds is 2. The Labute approximate surface area is 126 Å². The van der Waals surface area contributed by atoms with Crippen LogP contribution in [0.2, 0.25) is 5.02 Å². The molecule has 0 radical (unpaired) electrons. The predicted octanol–water partition coefficient (Wildman–Crippen LogP) is 4.45. The van der Waals surface area contributed by atoms with Gasteiger partial charge >= 0.3 is 0 Å². The van der Waals surface area contributed by atoms with Gasteiger partial charge in [0.15, 0.2) is 0 Å². The average molecular weight is 298 g/mol. The Morgan fingerprint density at radius 3 is 2.62 bits per heavy atom. The number of carbonyl (C=O) groups is 1. The molecule has 2 N–H and O–H groups in total. The van der Waals surface area contributed by atoms with Gasteiger partial charge in [0, 0.05) is 10.6 Å². The number of phenolic OH excluding ortho intramolecular Hbond substituents is 1. The first kappa shape index (κ1) is 13.5. The van der Waals surface area contributed by atoms with Crippen LogP contribution in [0.4, 0.5) is 5.69 Å². The number of amides is 1. The first-order valence-corrected chi connectivity index (χ1v) is 6.80. The molecule has 1 amide bonds. The lowest BCUT2D eigenvalue weighted by molar-refractivity contribution is 0.102. The van der Waals surface area contributed by atoms with Crippen molar-refractivity contribution >= 4 is 34.0 Å². The number of hydrogen-bond donors (Lipinski definition) is 2. The van der Waals surface area contributed by atoms with Crippen molar-refractivity contribution in [3.8, 4) is 5.75 Å². The predicted molar refractivity (Wildman–Crippen MR) is 85.0 cm³/mol. The molecule has 0 heterocycles. The third-order valence-electron chi connectivity index (χ3n) is 3.24. The number of fused-ring (bicyclic) bond motifs is 1. The summed E-state index contributed by atoms with van der Waals surface area (Å²) in [7, 11) is 0. The second-order valence-electron chi connectivity index (χ2n) is 4.64. The van der Waals surface area contributed by atoms with Crippen LogP contribution < -0.4 is 5.32 Å². The molecule has 21 heavy (non-hydrogen) atoms. The number of nitrogens with one attached hydrogen (secondary N) is 1. The van der Waals surface area contributed by atoms with E-state index in [2.05, 4.69) is 5.32 Å². The van der Waals surface area contributed by atoms with Crippen LogP contribution in [0.3, 0.4) is 0 Å². The fraction of sp³-hybridized carbons (Fsp3) is 0. The molecule has 0 aromatic heterocycles. The molecule has 0 saturated carbocycles. The molecular weight excluding hydrogens is 286 g/mol. The zero-order valence-electron chi connectivity index (χ0n) is 11.0. The number of carbonyl (C=O) groups excluding carboxylic acids is 1. The fourth-order valence-electron chi connectivity index (χ4n) is 2.22. The van der Waals surface area contributed by atoms with E-state index >= 15 is 0 Å². The molecule has 3 aromatic carbocycles. The highest BCUT2D eigenvalue weighted by molar-refractivity contribution is 6.31. The monoisotopic (exact) mass is 297 g/mol. The SMILES string of the molecule is O=C(Nc1cc(Cl)ccc1O)c1cccc2ccccc12. The molecule has 3 rings (SSSR count). The lowest BCUT2D eigenvalue weighted by Crippen LogP contribution is -2.12. The van der Waals surface area contributed by atoms with Crippen LogP contribution in [0.1, 0.15) is 10.4 Å². The van der Waals surface area contributed by atoms with Crippen molar-refractivity contribution in [3.05, 3.63) is 71.2 Å². The maximum absolute atomic E-state index is 12.4. The molecule has 0 fully saturated rings. The second-order valence-corrected chi connectivity index (χ2v) is 5.08. The number of hydrogen-bond acceptors (Lipinski definition) is 2. The Hall–Kier alpha value is -2.52. The molecule has 3 nitrogen and oxygen atoms in total. The maximum atomic E-state index is 12.4. The summed E-state index contributed by atoms with van der Waals surface area (Å²) < 4.78 is 0. The lowest BCUT2D eigenvalue weighted by atomic mass is 10.0. The number of benzene rings is 3. The van der Waals surface area contributed by atoms with Crippen LogP contribution >= 0.6 is 11.6 Å². The van der Waals surface area contributed by atoms with E-state index in [1.54, 1.807) is 12.1 Å². The quantitative estimate of drug-likeness (QED) is 0.687. The molecule has 0 unspecified atom stereocenters. The number of halogens is 1. The van der Waals surface area contributed by atoms with E-state index in [9.17, 15) is 9.90 Å². The molecule has 0 bridgehead atoms. The third-order valence-corrected chi connectivity index (χ3v) is 3.48. The van der Waals surface area contributed by atoms with Gasteiger partial charge in [-0.05, 0) is 35.0 Å². The highest BCUT2D eigenvalue weighted by Gasteiger charge is 2.12. The molecule has 0 spiro atoms. The van der Waals surface area contributed by atoms with Crippen molar-refractivity contribution < 1.29 is 9.90 Å². The number of phenols is 1. The highest BCUT2D eigenvalue weighted by atomic mass is 35.5. The van der Waals surface area contributed by atoms with Crippen LogP contribution in [-0.2, 0) is 0 Å². The van der Waals surface area contributed by atoms with Gasteiger partial charge in [-0.1, -0.05) is 48.0 Å². The summed E-state index contributed by atoms with van der Waals surface area (Å²) in [5.74, 6) is -0.308. The summed E-state index contributed by atoms with van der Waals surface area (Å²) in [5.41, 5.74) is 0.841. The van der Waals surface area contributed by atoms with Crippen molar-refractivity contribution in [1.29, 1.82) is 0 Å². The summed E-state index contributed by atoms with van der Waals surface area (Å²) in [6, 6.07) is 17.7. The maximum Gasteiger partial charge on any atom is 0.256 e. The molecule has 4 heteroatoms. The van der Waals surface area contributed by atoms with Crippen molar-refractivity contribution in [2.75, 3.05) is 5.32 Å². The standard InChI is InChI=1S/C17H12ClNO2/c18-12-8-9-16(20)15(10-12)19-17(21)14-7-3-5-11-4-1-2-6-13(11)14/h1-10,20H,(H,19,21). The van der Waals surface area contributed by atoms with Crippen molar-refractivity contribution in [2.24, 2.45) is 0 Å². The van der Waals surface area contributed by atoms with Crippen LogP contribution in [0.25, 0.3) is 10.8 Å². The highest BCUT2D eigenvalue weighted by Crippen LogP contribution is 2.28. The minimum absolute atomic E-state index is 0.0204. The second kappa shape index (κ2) is 5.46. The van der Waals surface area contributed by atoms with E-state index < -0.39 is 0 Å². The third kappa shape index (κ3) is 2.69. The smallest absolute Gasteiger partial charge is 0.256 e. The fourth-order valence-corrected chi connectivity index (χ4v) is 2.39. The van der Waals surface area contributed by atoms with Gasteiger partial charge in [0.2, 0.25) is 0 Å². The molecule has 104 valence electrons. The van der Waals surface area contributed by atoms with E-state index in [-0.39, 0.29) is 11.7 Å². The van der Waals surface area contributed by atoms with Gasteiger partial charge < -0.3 is 10.4 Å². The normalized spacial score (nSPS) is 10.5. The van der Waals surface area contributed by atoms with Gasteiger partial charge in [0.1, 0.15) is 5.75 Å². The van der Waals surface area contributed by atoms with Crippen molar-refractivity contribution in [2.45, 2.75) is 0 Å². The molecule has 0 aliphatic carbocycles. The van der Waals surface area contributed by atoms with Gasteiger partial charge in [-0.25, -0.2) is 0 Å². The van der Waals surface area contributed by atoms with E-state index in [1.807, 2.05) is 36.4 Å². The zero-order chi connectivity index (χ0) is 14.8. The summed E-state index contributed by atoms with van der Waals surface area (Å²) >= 11 is 5.88. The van der Waals surface area contributed by atoms with Gasteiger partial charge in [0.25, 0.3) is 5.91 Å². The molecule has 0 saturated heterocycles. The lowest BCUT2D eigenvalue weighted by Gasteiger charge is -2.09. The van der Waals surface area contributed by atoms with Crippen LogP contribution in [-0.4, -0.2) is 11.0 Å². The Balaban J connectivity index is 1.99. The zero-order valence-corrected chi connectivity index (χ0v) is 11.8. The van der Waals surface area contributed by atoms with Crippen LogP contribution in [0, 0.1) is 0 Å². The summed E-state index contributed by atoms with van der Waals surface area (Å²) in [4.78, 5) is 12.4. The van der Waals surface area contributed by atoms with Crippen molar-refractivity contribution in [1.82, 2.24) is 0 Å². The van der Waals surface area contributed by atoms with Crippen molar-refractivity contribution in [3.63, 3.8) is 0 Å². The Morgan fingerprint density at radius 1 is 1.00 bits per heavy atom. The van der Waals surface area contributed by atoms with E-state index in [1.165, 1.54) is 12.1 Å². The van der Waals surface area contributed by atoms with E-state index in [0.717, 1.165) is 10.8 Å². The largest absolute Gasteiger partial charge is 0.506 e. The molecular formula is C17H12ClNO2. The van der Waals surface area contributed by atoms with Gasteiger partial charge in [-0.3, -0.25) is 4.79 Å². The first-order valence-electron chi connectivity index (χ1n) is 6.43. The molecule has 0 aliphatic heterocycles. The molecule has 0 atom stereocenters. The van der Waals surface area contributed by atoms with E-state index in [0.29, 0.717) is 16.3 Å². The molecule has 0 aliphatic rings. The minimum Gasteiger partial charge on any atom is -0.506 e. The van der Waals surface area contributed by atoms with Gasteiger partial charge in [-0.2, -0.15) is 0 Å². The number of aromatic hydroxyl groups is 1. The molecule has 3 aromatic rings. The summed E-state index contributed by atoms with van der Waals surface area (Å²) in [5, 5.41) is 14.7. The Bertz CT molecular complexity index is 825. The van der Waals surface area contributed by atoms with Gasteiger partial charge in [-0.15, -0.1) is 0 Å². The average Bonchev–Trinajstić information content (AvgIpc) is 2.50. The summed E-state index contributed by atoms with van der Waals surface area (Å²) in [6.45, 7) is 0. The van der Waals surface area contributed by atoms with Crippen LogP contribution in [0.15, 0.2) is 60.7 Å². The Morgan fingerprint density at radius 2 is 1.76 bits per heavy atom. The summed E-state index contributed by atoms with van der Waals surface area (Å²) in [6.07, 6.45) is 0. The number of anilines is 1. The topological polar surface area (TPSA) is 49.3 Å². The van der Waals surface area contributed by atoms with E-state index in [4.69, 9.17) is 11.6 Å². The van der Waals surface area contributed by atoms with Gasteiger partial charge in [0.05, 0.1) is 5.69 Å². The van der Waals surface area contributed by atoms with Crippen LogP contribution in [0.5, 0.6) is 5.75 Å². The minimum atomic E-state index is -0.288. The first-order chi connectivity index (χ1) is 10.1.